The van der Waals surface area contributed by atoms with Crippen molar-refractivity contribution < 1.29 is 13.6 Å². The number of aromatic nitrogens is 2. The number of anilines is 1. The van der Waals surface area contributed by atoms with Crippen LogP contribution in [0, 0.1) is 0 Å². The maximum Gasteiger partial charge on any atom is 0.255 e. The molecule has 4 aromatic rings. The number of carbonyl (C=O) groups is 1. The maximum atomic E-state index is 14.7. The summed E-state index contributed by atoms with van der Waals surface area (Å²) in [5.41, 5.74) is 8.62. The normalized spacial score (nSPS) is 17.5. The smallest absolute Gasteiger partial charge is 0.255 e. The van der Waals surface area contributed by atoms with E-state index in [9.17, 15) is 9.18 Å². The van der Waals surface area contributed by atoms with Crippen molar-refractivity contribution in [1.82, 2.24) is 14.9 Å². The Hall–Kier alpha value is -3.50. The van der Waals surface area contributed by atoms with Gasteiger partial charge in [-0.05, 0) is 56.0 Å². The number of thioether (sulfide) groups is 1. The average molecular weight is 588 g/mol. The SMILES string of the molecule is CNC(=O)c1c(C2CN=C(C)S2)oc2cc(N(C)SC)c(-c3ccc4c(n3)-c3cc5c(n3CC4)CCC=C5F)cc12. The van der Waals surface area contributed by atoms with Crippen LogP contribution >= 0.6 is 23.7 Å². The quantitative estimate of drug-likeness (QED) is 0.252. The molecule has 3 aliphatic rings. The summed E-state index contributed by atoms with van der Waals surface area (Å²) in [7, 11) is 3.65. The lowest BCUT2D eigenvalue weighted by molar-refractivity contribution is 0.0962. The second-order valence-corrected chi connectivity index (χ2v) is 12.8. The van der Waals surface area contributed by atoms with Gasteiger partial charge < -0.3 is 18.6 Å². The Morgan fingerprint density at radius 1 is 1.24 bits per heavy atom. The number of allylic oxidation sites excluding steroid dienone is 1. The summed E-state index contributed by atoms with van der Waals surface area (Å²) >= 11 is 3.22. The predicted octanol–water partition coefficient (Wildman–Crippen LogP) is 7.06. The number of nitrogens with zero attached hydrogens (tertiary/aromatic N) is 4. The monoisotopic (exact) mass is 587 g/mol. The van der Waals surface area contributed by atoms with Crippen LogP contribution < -0.4 is 9.62 Å². The Morgan fingerprint density at radius 2 is 2.10 bits per heavy atom. The molecule has 41 heavy (non-hydrogen) atoms. The molecule has 5 heterocycles. The molecular formula is C31H30FN5O2S2. The topological polar surface area (TPSA) is 75.7 Å². The lowest BCUT2D eigenvalue weighted by Gasteiger charge is -2.23. The number of aliphatic imine (C=N–C) groups is 1. The number of amides is 1. The zero-order valence-electron chi connectivity index (χ0n) is 23.4. The zero-order valence-corrected chi connectivity index (χ0v) is 25.0. The van der Waals surface area contributed by atoms with E-state index in [4.69, 9.17) is 9.40 Å². The number of carbonyl (C=O) groups excluding carboxylic acids is 1. The van der Waals surface area contributed by atoms with Gasteiger partial charge in [-0.3, -0.25) is 9.79 Å². The first-order chi connectivity index (χ1) is 19.9. The van der Waals surface area contributed by atoms with E-state index in [-0.39, 0.29) is 17.0 Å². The summed E-state index contributed by atoms with van der Waals surface area (Å²) in [5.74, 6) is 0.327. The van der Waals surface area contributed by atoms with E-state index in [0.29, 0.717) is 29.0 Å². The molecule has 3 aromatic heterocycles. The molecule has 0 fully saturated rings. The number of hydrogen-bond acceptors (Lipinski definition) is 7. The lowest BCUT2D eigenvalue weighted by Crippen LogP contribution is -2.19. The summed E-state index contributed by atoms with van der Waals surface area (Å²) in [6.07, 6.45) is 6.11. The van der Waals surface area contributed by atoms with Crippen LogP contribution in [0.25, 0.3) is 39.4 Å². The number of aryl methyl sites for hydroxylation is 1. The third-order valence-corrected chi connectivity index (χ3v) is 10.1. The minimum absolute atomic E-state index is 0.0463. The second kappa shape index (κ2) is 10.1. The van der Waals surface area contributed by atoms with Crippen LogP contribution in [0.3, 0.4) is 0 Å². The van der Waals surface area contributed by atoms with Crippen LogP contribution in [0.2, 0.25) is 0 Å². The van der Waals surface area contributed by atoms with Crippen LogP contribution in [0.1, 0.15) is 51.5 Å². The van der Waals surface area contributed by atoms with Gasteiger partial charge in [0.1, 0.15) is 17.2 Å². The van der Waals surface area contributed by atoms with Crippen LogP contribution in [0.4, 0.5) is 10.1 Å². The Labute approximate surface area is 246 Å². The highest BCUT2D eigenvalue weighted by molar-refractivity contribution is 8.14. The average Bonchev–Trinajstić information content (AvgIpc) is 3.70. The number of nitrogens with one attached hydrogen (secondary N) is 1. The predicted molar refractivity (Wildman–Crippen MR) is 168 cm³/mol. The van der Waals surface area contributed by atoms with Crippen LogP contribution in [-0.2, 0) is 19.4 Å². The number of benzene rings is 1. The Kier molecular flexibility index (Phi) is 6.50. The third-order valence-electron chi connectivity index (χ3n) is 8.26. The van der Waals surface area contributed by atoms with E-state index in [0.717, 1.165) is 75.8 Å². The van der Waals surface area contributed by atoms with Gasteiger partial charge in [0.05, 0.1) is 45.2 Å². The van der Waals surface area contributed by atoms with E-state index in [1.165, 1.54) is 0 Å². The number of halogens is 1. The van der Waals surface area contributed by atoms with Gasteiger partial charge in [0.15, 0.2) is 0 Å². The molecule has 1 unspecified atom stereocenters. The number of hydrogen-bond donors (Lipinski definition) is 1. The highest BCUT2D eigenvalue weighted by atomic mass is 32.2. The Morgan fingerprint density at radius 3 is 2.85 bits per heavy atom. The van der Waals surface area contributed by atoms with Crippen molar-refractivity contribution in [3.05, 3.63) is 64.6 Å². The molecule has 210 valence electrons. The first-order valence-corrected chi connectivity index (χ1v) is 15.8. The number of rotatable bonds is 5. The summed E-state index contributed by atoms with van der Waals surface area (Å²) in [6, 6.07) is 10.2. The molecule has 0 saturated carbocycles. The number of fused-ring (bicyclic) bond motifs is 6. The van der Waals surface area contributed by atoms with Crippen LogP contribution in [0.5, 0.6) is 0 Å². The molecule has 0 spiro atoms. The third kappa shape index (κ3) is 4.22. The molecule has 1 aliphatic carbocycles. The van der Waals surface area contributed by atoms with Gasteiger partial charge in [-0.2, -0.15) is 0 Å². The van der Waals surface area contributed by atoms with E-state index in [2.05, 4.69) is 31.3 Å². The minimum Gasteiger partial charge on any atom is -0.459 e. The van der Waals surface area contributed by atoms with Crippen molar-refractivity contribution in [3.8, 4) is 22.6 Å². The summed E-state index contributed by atoms with van der Waals surface area (Å²) in [4.78, 5) is 23.0. The fourth-order valence-electron chi connectivity index (χ4n) is 6.19. The lowest BCUT2D eigenvalue weighted by atomic mass is 9.99. The highest BCUT2D eigenvalue weighted by Crippen LogP contribution is 2.45. The first kappa shape index (κ1) is 26.4. The zero-order chi connectivity index (χ0) is 28.4. The molecule has 0 bridgehead atoms. The van der Waals surface area contributed by atoms with Gasteiger partial charge >= 0.3 is 0 Å². The highest BCUT2D eigenvalue weighted by Gasteiger charge is 2.32. The van der Waals surface area contributed by atoms with E-state index >= 15 is 0 Å². The molecule has 10 heteroatoms. The van der Waals surface area contributed by atoms with Gasteiger partial charge in [0.25, 0.3) is 5.91 Å². The molecule has 7 rings (SSSR count). The van der Waals surface area contributed by atoms with E-state index < -0.39 is 0 Å². The Bertz CT molecular complexity index is 1800. The van der Waals surface area contributed by atoms with Gasteiger partial charge in [-0.25, -0.2) is 9.37 Å². The van der Waals surface area contributed by atoms with E-state index in [1.807, 2.05) is 38.4 Å². The fraction of sp³-hybridized carbons (Fsp3) is 0.323. The van der Waals surface area contributed by atoms with Crippen molar-refractivity contribution in [2.45, 2.75) is 38.0 Å². The van der Waals surface area contributed by atoms with Gasteiger partial charge in [0, 0.05) is 55.2 Å². The van der Waals surface area contributed by atoms with Gasteiger partial charge in [-0.15, -0.1) is 0 Å². The molecule has 1 aromatic carbocycles. The van der Waals surface area contributed by atoms with Crippen molar-refractivity contribution >= 4 is 57.1 Å². The van der Waals surface area contributed by atoms with Crippen molar-refractivity contribution in [2.24, 2.45) is 4.99 Å². The van der Waals surface area contributed by atoms with Gasteiger partial charge in [0.2, 0.25) is 0 Å². The second-order valence-electron chi connectivity index (χ2n) is 10.5. The molecule has 1 amide bonds. The molecule has 2 aliphatic heterocycles. The van der Waals surface area contributed by atoms with Crippen molar-refractivity contribution in [3.63, 3.8) is 0 Å². The van der Waals surface area contributed by atoms with Crippen molar-refractivity contribution in [2.75, 3.05) is 31.2 Å². The number of furan rings is 1. The molecule has 0 radical (unpaired) electrons. The van der Waals surface area contributed by atoms with E-state index in [1.54, 1.807) is 36.8 Å². The maximum absolute atomic E-state index is 14.7. The van der Waals surface area contributed by atoms with Gasteiger partial charge in [-0.1, -0.05) is 29.8 Å². The molecule has 1 N–H and O–H groups in total. The molecule has 1 atom stereocenters. The Balaban J connectivity index is 1.42. The molecule has 0 saturated heterocycles. The summed E-state index contributed by atoms with van der Waals surface area (Å²) in [6.45, 7) is 3.39. The van der Waals surface area contributed by atoms with Crippen LogP contribution in [0.15, 0.2) is 45.8 Å². The molecule has 7 nitrogen and oxygen atoms in total. The minimum atomic E-state index is -0.183. The standard InChI is InChI=1S/C31H30FN5O2S2/c1-16-34-15-27(41-16)30-28(31(38)33-2)20-12-19(24(36(3)40-4)14-26(20)39-30)22-9-8-17-10-11-37-23-7-5-6-21(32)18(23)13-25(37)29(17)35-22/h6,8-9,12-14,27H,5,7,10-11,15H2,1-4H3,(H,33,38). The summed E-state index contributed by atoms with van der Waals surface area (Å²) < 4.78 is 25.5. The largest absolute Gasteiger partial charge is 0.459 e. The number of pyridine rings is 1. The fourth-order valence-corrected chi connectivity index (χ4v) is 7.52. The molecular weight excluding hydrogens is 558 g/mol. The van der Waals surface area contributed by atoms with Crippen LogP contribution in [-0.4, -0.2) is 47.4 Å². The summed E-state index contributed by atoms with van der Waals surface area (Å²) in [5, 5.41) is 4.50. The van der Waals surface area contributed by atoms with Crippen molar-refractivity contribution in [1.29, 1.82) is 0 Å². The first-order valence-electron chi connectivity index (χ1n) is 13.7.